The lowest BCUT2D eigenvalue weighted by molar-refractivity contribution is -0.0164. The van der Waals surface area contributed by atoms with Gasteiger partial charge < -0.3 is 15.3 Å². The zero-order valence-electron chi connectivity index (χ0n) is 12.3. The zero-order chi connectivity index (χ0) is 14.7. The SMILES string of the molecule is OC1(CN2CCN(c3ccc(Cl)cn3)CC2)CCCNC1. The Labute approximate surface area is 130 Å². The summed E-state index contributed by atoms with van der Waals surface area (Å²) >= 11 is 5.87. The fraction of sp³-hybridized carbons (Fsp3) is 0.667. The van der Waals surface area contributed by atoms with Crippen molar-refractivity contribution in [3.63, 3.8) is 0 Å². The molecule has 0 aliphatic carbocycles. The van der Waals surface area contributed by atoms with Crippen LogP contribution in [0.2, 0.25) is 5.02 Å². The number of nitrogens with one attached hydrogen (secondary N) is 1. The molecule has 3 rings (SSSR count). The Morgan fingerprint density at radius 1 is 1.29 bits per heavy atom. The molecule has 1 unspecified atom stereocenters. The standard InChI is InChI=1S/C15H23ClN4O/c16-13-2-3-14(18-10-13)20-8-6-19(7-9-20)12-15(21)4-1-5-17-11-15/h2-3,10,17,21H,1,4-9,11-12H2. The Morgan fingerprint density at radius 2 is 2.10 bits per heavy atom. The number of rotatable bonds is 3. The fourth-order valence-corrected chi connectivity index (χ4v) is 3.31. The van der Waals surface area contributed by atoms with Crippen LogP contribution in [0.1, 0.15) is 12.8 Å². The summed E-state index contributed by atoms with van der Waals surface area (Å²) in [6, 6.07) is 3.85. The normalized spacial score (nSPS) is 27.8. The van der Waals surface area contributed by atoms with Crippen molar-refractivity contribution < 1.29 is 5.11 Å². The van der Waals surface area contributed by atoms with E-state index in [0.717, 1.165) is 57.9 Å². The monoisotopic (exact) mass is 310 g/mol. The Morgan fingerprint density at radius 3 is 2.71 bits per heavy atom. The largest absolute Gasteiger partial charge is 0.387 e. The van der Waals surface area contributed by atoms with E-state index in [1.54, 1.807) is 6.20 Å². The lowest BCUT2D eigenvalue weighted by Gasteiger charge is -2.41. The van der Waals surface area contributed by atoms with Gasteiger partial charge in [-0.05, 0) is 31.5 Å². The van der Waals surface area contributed by atoms with Gasteiger partial charge in [-0.25, -0.2) is 4.98 Å². The summed E-state index contributed by atoms with van der Waals surface area (Å²) in [5.74, 6) is 0.983. The first-order valence-corrected chi connectivity index (χ1v) is 8.04. The smallest absolute Gasteiger partial charge is 0.128 e. The number of pyridine rings is 1. The van der Waals surface area contributed by atoms with Crippen molar-refractivity contribution in [1.29, 1.82) is 0 Å². The number of piperidine rings is 1. The highest BCUT2D eigenvalue weighted by Crippen LogP contribution is 2.20. The van der Waals surface area contributed by atoms with E-state index < -0.39 is 5.60 Å². The average molecular weight is 311 g/mol. The van der Waals surface area contributed by atoms with E-state index >= 15 is 0 Å². The van der Waals surface area contributed by atoms with Gasteiger partial charge in [-0.1, -0.05) is 11.6 Å². The molecule has 116 valence electrons. The molecule has 1 atom stereocenters. The number of anilines is 1. The number of hydrogen-bond donors (Lipinski definition) is 2. The van der Waals surface area contributed by atoms with Crippen molar-refractivity contribution in [2.45, 2.75) is 18.4 Å². The number of aliphatic hydroxyl groups is 1. The topological polar surface area (TPSA) is 51.6 Å². The van der Waals surface area contributed by atoms with Crippen LogP contribution in [0.3, 0.4) is 0 Å². The van der Waals surface area contributed by atoms with Crippen molar-refractivity contribution in [1.82, 2.24) is 15.2 Å². The summed E-state index contributed by atoms with van der Waals surface area (Å²) in [5.41, 5.74) is -0.557. The van der Waals surface area contributed by atoms with Gasteiger partial charge in [0.25, 0.3) is 0 Å². The van der Waals surface area contributed by atoms with E-state index in [4.69, 9.17) is 11.6 Å². The molecular weight excluding hydrogens is 288 g/mol. The molecule has 6 heteroatoms. The highest BCUT2D eigenvalue weighted by Gasteiger charge is 2.32. The third-order valence-electron chi connectivity index (χ3n) is 4.38. The van der Waals surface area contributed by atoms with E-state index in [1.807, 2.05) is 12.1 Å². The quantitative estimate of drug-likeness (QED) is 0.871. The number of halogens is 1. The van der Waals surface area contributed by atoms with Gasteiger partial charge in [-0.3, -0.25) is 4.90 Å². The number of aromatic nitrogens is 1. The molecular formula is C15H23ClN4O. The summed E-state index contributed by atoms with van der Waals surface area (Å²) < 4.78 is 0. The molecule has 1 aromatic rings. The van der Waals surface area contributed by atoms with Crippen LogP contribution in [0.15, 0.2) is 18.3 Å². The number of hydrogen-bond acceptors (Lipinski definition) is 5. The van der Waals surface area contributed by atoms with Crippen LogP contribution in [0, 0.1) is 0 Å². The minimum Gasteiger partial charge on any atom is -0.387 e. The number of piperazine rings is 1. The summed E-state index contributed by atoms with van der Waals surface area (Å²) in [6.07, 6.45) is 3.66. The van der Waals surface area contributed by atoms with Crippen LogP contribution in [0.5, 0.6) is 0 Å². The Kier molecular flexibility index (Phi) is 4.64. The maximum atomic E-state index is 10.6. The molecule has 2 aliphatic rings. The maximum absolute atomic E-state index is 10.6. The first-order chi connectivity index (χ1) is 10.1. The van der Waals surface area contributed by atoms with Crippen molar-refractivity contribution in [2.24, 2.45) is 0 Å². The first kappa shape index (κ1) is 15.0. The van der Waals surface area contributed by atoms with E-state index in [-0.39, 0.29) is 0 Å². The van der Waals surface area contributed by atoms with Crippen LogP contribution in [0.25, 0.3) is 0 Å². The average Bonchev–Trinajstić information content (AvgIpc) is 2.49. The Bertz CT molecular complexity index is 453. The van der Waals surface area contributed by atoms with Crippen molar-refractivity contribution in [3.8, 4) is 0 Å². The van der Waals surface area contributed by atoms with Crippen LogP contribution < -0.4 is 10.2 Å². The molecule has 0 bridgehead atoms. The summed E-state index contributed by atoms with van der Waals surface area (Å²) in [5, 5.41) is 14.6. The third-order valence-corrected chi connectivity index (χ3v) is 4.60. The molecule has 3 heterocycles. The molecule has 0 amide bonds. The summed E-state index contributed by atoms with van der Waals surface area (Å²) in [7, 11) is 0. The minimum atomic E-state index is -0.557. The second kappa shape index (κ2) is 6.48. The second-order valence-electron chi connectivity index (χ2n) is 6.10. The van der Waals surface area contributed by atoms with Gasteiger partial charge in [0.15, 0.2) is 0 Å². The van der Waals surface area contributed by atoms with Gasteiger partial charge in [0, 0.05) is 45.5 Å². The highest BCUT2D eigenvalue weighted by atomic mass is 35.5. The third kappa shape index (κ3) is 3.86. The van der Waals surface area contributed by atoms with Crippen molar-refractivity contribution in [2.75, 3.05) is 50.7 Å². The van der Waals surface area contributed by atoms with Crippen molar-refractivity contribution >= 4 is 17.4 Å². The Hall–Kier alpha value is -0.880. The lowest BCUT2D eigenvalue weighted by Crippen LogP contribution is -2.56. The van der Waals surface area contributed by atoms with E-state index in [1.165, 1.54) is 0 Å². The summed E-state index contributed by atoms with van der Waals surface area (Å²) in [6.45, 7) is 6.32. The molecule has 5 nitrogen and oxygen atoms in total. The molecule has 2 fully saturated rings. The molecule has 1 aromatic heterocycles. The molecule has 2 saturated heterocycles. The molecule has 0 spiro atoms. The highest BCUT2D eigenvalue weighted by molar-refractivity contribution is 6.30. The Balaban J connectivity index is 1.51. The van der Waals surface area contributed by atoms with Gasteiger partial charge in [0.2, 0.25) is 0 Å². The molecule has 2 aliphatic heterocycles. The second-order valence-corrected chi connectivity index (χ2v) is 6.54. The predicted octanol–water partition coefficient (Wildman–Crippen LogP) is 0.971. The van der Waals surface area contributed by atoms with Gasteiger partial charge in [-0.2, -0.15) is 0 Å². The minimum absolute atomic E-state index is 0.557. The van der Waals surface area contributed by atoms with Crippen LogP contribution in [0.4, 0.5) is 5.82 Å². The van der Waals surface area contributed by atoms with Crippen LogP contribution in [-0.2, 0) is 0 Å². The van der Waals surface area contributed by atoms with Crippen molar-refractivity contribution in [3.05, 3.63) is 23.4 Å². The molecule has 21 heavy (non-hydrogen) atoms. The lowest BCUT2D eigenvalue weighted by atomic mass is 9.93. The van der Waals surface area contributed by atoms with E-state index in [9.17, 15) is 5.11 Å². The van der Waals surface area contributed by atoms with Gasteiger partial charge in [0.1, 0.15) is 5.82 Å². The molecule has 0 saturated carbocycles. The predicted molar refractivity (Wildman–Crippen MR) is 85.0 cm³/mol. The maximum Gasteiger partial charge on any atom is 0.128 e. The van der Waals surface area contributed by atoms with Gasteiger partial charge in [-0.15, -0.1) is 0 Å². The van der Waals surface area contributed by atoms with E-state index in [2.05, 4.69) is 20.1 Å². The van der Waals surface area contributed by atoms with E-state index in [0.29, 0.717) is 11.6 Å². The first-order valence-electron chi connectivity index (χ1n) is 7.67. The summed E-state index contributed by atoms with van der Waals surface area (Å²) in [4.78, 5) is 9.01. The molecule has 0 aromatic carbocycles. The van der Waals surface area contributed by atoms with Crippen LogP contribution >= 0.6 is 11.6 Å². The van der Waals surface area contributed by atoms with Gasteiger partial charge >= 0.3 is 0 Å². The number of nitrogens with zero attached hydrogens (tertiary/aromatic N) is 3. The van der Waals surface area contributed by atoms with Crippen LogP contribution in [-0.4, -0.2) is 66.4 Å². The zero-order valence-corrected chi connectivity index (χ0v) is 13.0. The molecule has 2 N–H and O–H groups in total. The molecule has 0 radical (unpaired) electrons. The fourth-order valence-electron chi connectivity index (χ4n) is 3.19. The van der Waals surface area contributed by atoms with Gasteiger partial charge in [0.05, 0.1) is 10.6 Å². The number of β-amino-alcohol motifs (C(OH)–C–C–N with tert-alkyl or cyclic N) is 1.